The smallest absolute Gasteiger partial charge is 0.314 e. The summed E-state index contributed by atoms with van der Waals surface area (Å²) in [6.07, 6.45) is 0.536. The van der Waals surface area contributed by atoms with Crippen LogP contribution in [0.25, 0.3) is 11.0 Å². The number of halogens is 1. The van der Waals surface area contributed by atoms with Crippen LogP contribution in [-0.4, -0.2) is 40.3 Å². The molecule has 3 heterocycles. The standard InChI is InChI=1S/C18H21FN4O3/c1-21-17-12(11-8-9-20-10-13(11)19)4-2-5-14(17)22(18(21)26)23-15(24)6-3-7-16(23)25/h2,4-5,11,13,20H,3,6-10H2,1H3/t11-,13+/m1/s1. The molecule has 26 heavy (non-hydrogen) atoms. The first-order valence-electron chi connectivity index (χ1n) is 8.92. The first-order valence-corrected chi connectivity index (χ1v) is 8.92. The van der Waals surface area contributed by atoms with Gasteiger partial charge >= 0.3 is 5.69 Å². The molecule has 2 aliphatic rings. The van der Waals surface area contributed by atoms with Gasteiger partial charge in [-0.2, -0.15) is 9.69 Å². The summed E-state index contributed by atoms with van der Waals surface area (Å²) >= 11 is 0. The predicted molar refractivity (Wildman–Crippen MR) is 94.4 cm³/mol. The molecule has 2 atom stereocenters. The minimum absolute atomic E-state index is 0.231. The molecule has 0 aliphatic carbocycles. The molecule has 8 heteroatoms. The Morgan fingerprint density at radius 3 is 2.58 bits per heavy atom. The molecule has 1 aromatic heterocycles. The summed E-state index contributed by atoms with van der Waals surface area (Å²) < 4.78 is 17.1. The van der Waals surface area contributed by atoms with E-state index < -0.39 is 11.9 Å². The van der Waals surface area contributed by atoms with Crippen molar-refractivity contribution in [3.63, 3.8) is 0 Å². The SMILES string of the molecule is Cn1c(=O)n(N2C(=O)CCCC2=O)c2cccc([C@H]3CCNC[C@@H]3F)c21. The van der Waals surface area contributed by atoms with Crippen LogP contribution in [0.1, 0.15) is 37.2 Å². The molecule has 2 saturated heterocycles. The zero-order chi connectivity index (χ0) is 18.4. The lowest BCUT2D eigenvalue weighted by atomic mass is 9.88. The Morgan fingerprint density at radius 1 is 1.15 bits per heavy atom. The van der Waals surface area contributed by atoms with E-state index in [2.05, 4.69) is 5.32 Å². The summed E-state index contributed by atoms with van der Waals surface area (Å²) in [5, 5.41) is 3.98. The van der Waals surface area contributed by atoms with Gasteiger partial charge in [0.15, 0.2) is 0 Å². The fourth-order valence-corrected chi connectivity index (χ4v) is 4.05. The van der Waals surface area contributed by atoms with Crippen LogP contribution in [0.4, 0.5) is 4.39 Å². The Labute approximate surface area is 149 Å². The number of rotatable bonds is 2. The maximum absolute atomic E-state index is 14.5. The molecule has 0 saturated carbocycles. The van der Waals surface area contributed by atoms with Gasteiger partial charge in [0.2, 0.25) is 11.8 Å². The first-order chi connectivity index (χ1) is 12.5. The number of para-hydroxylation sites is 1. The lowest BCUT2D eigenvalue weighted by Crippen LogP contribution is -2.52. The van der Waals surface area contributed by atoms with Gasteiger partial charge in [-0.15, -0.1) is 0 Å². The van der Waals surface area contributed by atoms with Crippen LogP contribution >= 0.6 is 0 Å². The maximum atomic E-state index is 14.5. The summed E-state index contributed by atoms with van der Waals surface area (Å²) in [5.74, 6) is -1.09. The highest BCUT2D eigenvalue weighted by Gasteiger charge is 2.33. The van der Waals surface area contributed by atoms with E-state index >= 15 is 0 Å². The highest BCUT2D eigenvalue weighted by molar-refractivity contribution is 6.11. The molecular weight excluding hydrogens is 339 g/mol. The molecule has 1 aromatic carbocycles. The average molecular weight is 360 g/mol. The third kappa shape index (κ3) is 2.47. The van der Waals surface area contributed by atoms with Crippen LogP contribution in [-0.2, 0) is 16.6 Å². The Morgan fingerprint density at radius 2 is 1.88 bits per heavy atom. The number of benzene rings is 1. The topological polar surface area (TPSA) is 76.3 Å². The maximum Gasteiger partial charge on any atom is 0.348 e. The summed E-state index contributed by atoms with van der Waals surface area (Å²) in [5.41, 5.74) is 1.31. The van der Waals surface area contributed by atoms with Crippen molar-refractivity contribution in [3.05, 3.63) is 34.2 Å². The fourth-order valence-electron chi connectivity index (χ4n) is 4.05. The normalized spacial score (nSPS) is 24.5. The Balaban J connectivity index is 1.93. The second kappa shape index (κ2) is 6.35. The van der Waals surface area contributed by atoms with Crippen molar-refractivity contribution in [2.24, 2.45) is 7.05 Å². The average Bonchev–Trinajstić information content (AvgIpc) is 2.87. The van der Waals surface area contributed by atoms with Crippen LogP contribution in [0.5, 0.6) is 0 Å². The largest absolute Gasteiger partial charge is 0.348 e. The van der Waals surface area contributed by atoms with E-state index in [1.807, 2.05) is 6.07 Å². The monoisotopic (exact) mass is 360 g/mol. The van der Waals surface area contributed by atoms with Crippen LogP contribution in [0.15, 0.2) is 23.0 Å². The van der Waals surface area contributed by atoms with Crippen molar-refractivity contribution in [2.75, 3.05) is 18.1 Å². The minimum atomic E-state index is -1.05. The van der Waals surface area contributed by atoms with Gasteiger partial charge in [0.25, 0.3) is 0 Å². The van der Waals surface area contributed by atoms with Gasteiger partial charge in [-0.3, -0.25) is 14.2 Å². The summed E-state index contributed by atoms with van der Waals surface area (Å²) in [6.45, 7) is 0.984. The quantitative estimate of drug-likeness (QED) is 0.809. The van der Waals surface area contributed by atoms with Gasteiger partial charge in [-0.25, -0.2) is 9.18 Å². The summed E-state index contributed by atoms with van der Waals surface area (Å²) in [4.78, 5) is 37.5. The molecule has 2 amide bonds. The highest BCUT2D eigenvalue weighted by atomic mass is 19.1. The van der Waals surface area contributed by atoms with E-state index in [9.17, 15) is 18.8 Å². The predicted octanol–water partition coefficient (Wildman–Crippen LogP) is 0.930. The number of imide groups is 1. The fraction of sp³-hybridized carbons (Fsp3) is 0.500. The third-order valence-corrected chi connectivity index (χ3v) is 5.34. The van der Waals surface area contributed by atoms with Crippen molar-refractivity contribution < 1.29 is 14.0 Å². The second-order valence-corrected chi connectivity index (χ2v) is 6.94. The van der Waals surface area contributed by atoms with Gasteiger partial charge in [0.05, 0.1) is 11.0 Å². The first kappa shape index (κ1) is 17.0. The van der Waals surface area contributed by atoms with E-state index in [0.717, 1.165) is 15.2 Å². The molecule has 7 nitrogen and oxygen atoms in total. The van der Waals surface area contributed by atoms with E-state index in [-0.39, 0.29) is 37.1 Å². The van der Waals surface area contributed by atoms with E-state index in [4.69, 9.17) is 0 Å². The van der Waals surface area contributed by atoms with Gasteiger partial charge in [-0.1, -0.05) is 12.1 Å². The molecule has 0 radical (unpaired) electrons. The minimum Gasteiger partial charge on any atom is -0.314 e. The number of carbonyl (C=O) groups is 2. The number of fused-ring (bicyclic) bond motifs is 1. The number of aromatic nitrogens is 2. The second-order valence-electron chi connectivity index (χ2n) is 6.94. The molecule has 2 aliphatic heterocycles. The molecule has 2 fully saturated rings. The van der Waals surface area contributed by atoms with Gasteiger partial charge < -0.3 is 5.32 Å². The van der Waals surface area contributed by atoms with Crippen molar-refractivity contribution in [1.29, 1.82) is 0 Å². The molecule has 0 bridgehead atoms. The van der Waals surface area contributed by atoms with Crippen molar-refractivity contribution in [1.82, 2.24) is 14.6 Å². The molecule has 138 valence electrons. The number of alkyl halides is 1. The number of carbonyl (C=O) groups excluding carboxylic acids is 2. The number of nitrogens with one attached hydrogen (secondary N) is 1. The van der Waals surface area contributed by atoms with Gasteiger partial charge in [0.1, 0.15) is 6.17 Å². The van der Waals surface area contributed by atoms with Crippen molar-refractivity contribution in [2.45, 2.75) is 37.8 Å². The lowest BCUT2D eigenvalue weighted by molar-refractivity contribution is -0.131. The Kier molecular flexibility index (Phi) is 4.14. The number of piperidine rings is 2. The van der Waals surface area contributed by atoms with Crippen molar-refractivity contribution in [3.8, 4) is 0 Å². The molecule has 4 rings (SSSR count). The van der Waals surface area contributed by atoms with Gasteiger partial charge in [-0.05, 0) is 31.0 Å². The van der Waals surface area contributed by atoms with E-state index in [0.29, 0.717) is 30.4 Å². The number of aryl methyl sites for hydroxylation is 1. The molecule has 2 aromatic rings. The number of hydrogen-bond donors (Lipinski definition) is 1. The number of amides is 2. The number of hydrogen-bond acceptors (Lipinski definition) is 4. The lowest BCUT2D eigenvalue weighted by Gasteiger charge is -2.28. The number of nitrogens with zero attached hydrogens (tertiary/aromatic N) is 3. The van der Waals surface area contributed by atoms with Crippen molar-refractivity contribution >= 4 is 22.8 Å². The van der Waals surface area contributed by atoms with Crippen LogP contribution in [0.3, 0.4) is 0 Å². The molecule has 0 spiro atoms. The van der Waals surface area contributed by atoms with Crippen LogP contribution < -0.4 is 16.0 Å². The van der Waals surface area contributed by atoms with E-state index in [1.165, 1.54) is 4.57 Å². The number of imidazole rings is 1. The Hall–Kier alpha value is -2.48. The van der Waals surface area contributed by atoms with Crippen LogP contribution in [0, 0.1) is 0 Å². The summed E-state index contributed by atoms with van der Waals surface area (Å²) in [6, 6.07) is 5.28. The van der Waals surface area contributed by atoms with Gasteiger partial charge in [0, 0.05) is 32.4 Å². The zero-order valence-electron chi connectivity index (χ0n) is 14.6. The Bertz CT molecular complexity index is 932. The summed E-state index contributed by atoms with van der Waals surface area (Å²) in [7, 11) is 1.60. The third-order valence-electron chi connectivity index (χ3n) is 5.34. The van der Waals surface area contributed by atoms with Crippen LogP contribution in [0.2, 0.25) is 0 Å². The zero-order valence-corrected chi connectivity index (χ0v) is 14.6. The highest BCUT2D eigenvalue weighted by Crippen LogP contribution is 2.33. The molecule has 1 N–H and O–H groups in total. The molecule has 0 unspecified atom stereocenters. The van der Waals surface area contributed by atoms with E-state index in [1.54, 1.807) is 19.2 Å². The molecular formula is C18H21FN4O3.